The maximum absolute atomic E-state index is 11.4. The summed E-state index contributed by atoms with van der Waals surface area (Å²) in [6, 6.07) is 5.60. The second kappa shape index (κ2) is 5.21. The molecule has 1 aliphatic heterocycles. The van der Waals surface area contributed by atoms with Crippen molar-refractivity contribution in [3.63, 3.8) is 0 Å². The lowest BCUT2D eigenvalue weighted by Crippen LogP contribution is -2.40. The first-order valence-electron chi connectivity index (χ1n) is 6.14. The molecule has 0 aromatic heterocycles. The maximum Gasteiger partial charge on any atom is 0.307 e. The summed E-state index contributed by atoms with van der Waals surface area (Å²) in [5.74, 6) is -0.480. The van der Waals surface area contributed by atoms with E-state index < -0.39 is 15.8 Å². The molecule has 1 fully saturated rings. The van der Waals surface area contributed by atoms with Crippen LogP contribution < -0.4 is 4.90 Å². The van der Waals surface area contributed by atoms with Crippen LogP contribution in [-0.2, 0) is 21.1 Å². The van der Waals surface area contributed by atoms with E-state index in [9.17, 15) is 13.2 Å². The molecule has 0 radical (unpaired) electrons. The van der Waals surface area contributed by atoms with Gasteiger partial charge < -0.3 is 10.0 Å². The van der Waals surface area contributed by atoms with Gasteiger partial charge in [0.05, 0.1) is 17.9 Å². The minimum Gasteiger partial charge on any atom is -0.481 e. The summed E-state index contributed by atoms with van der Waals surface area (Å²) in [6.45, 7) is 2.88. The third-order valence-corrected chi connectivity index (χ3v) is 4.99. The number of carboxylic acid groups (broad SMARTS) is 1. The quantitative estimate of drug-likeness (QED) is 0.890. The number of sulfone groups is 1. The standard InChI is InChI=1S/C13H17NO4S/c1-10-8-12(3-2-11(10)9-13(15)16)14-4-6-19(17,18)7-5-14/h2-3,8H,4-7,9H2,1H3,(H,15,16). The molecule has 0 unspecified atom stereocenters. The SMILES string of the molecule is Cc1cc(N2CCS(=O)(=O)CC2)ccc1CC(=O)O. The minimum atomic E-state index is -2.88. The number of carboxylic acids is 1. The van der Waals surface area contributed by atoms with Gasteiger partial charge in [-0.3, -0.25) is 4.79 Å². The Kier molecular flexibility index (Phi) is 3.80. The predicted molar refractivity (Wildman–Crippen MR) is 73.4 cm³/mol. The van der Waals surface area contributed by atoms with Gasteiger partial charge in [-0.25, -0.2) is 8.42 Å². The molecule has 1 aromatic rings. The largest absolute Gasteiger partial charge is 0.481 e. The predicted octanol–water partition coefficient (Wildman–Crippen LogP) is 0.857. The number of rotatable bonds is 3. The van der Waals surface area contributed by atoms with E-state index in [-0.39, 0.29) is 17.9 Å². The average molecular weight is 283 g/mol. The molecule has 0 bridgehead atoms. The zero-order valence-corrected chi connectivity index (χ0v) is 11.6. The summed E-state index contributed by atoms with van der Waals surface area (Å²) < 4.78 is 22.8. The van der Waals surface area contributed by atoms with E-state index in [0.29, 0.717) is 13.1 Å². The van der Waals surface area contributed by atoms with E-state index in [0.717, 1.165) is 16.8 Å². The molecule has 6 heteroatoms. The van der Waals surface area contributed by atoms with Gasteiger partial charge in [0.1, 0.15) is 0 Å². The third-order valence-electron chi connectivity index (χ3n) is 3.38. The molecule has 2 rings (SSSR count). The van der Waals surface area contributed by atoms with Crippen LogP contribution in [0, 0.1) is 6.92 Å². The van der Waals surface area contributed by atoms with E-state index in [1.807, 2.05) is 30.0 Å². The lowest BCUT2D eigenvalue weighted by Gasteiger charge is -2.29. The average Bonchev–Trinajstić information content (AvgIpc) is 2.31. The van der Waals surface area contributed by atoms with Crippen LogP contribution in [0.15, 0.2) is 18.2 Å². The number of aliphatic carboxylic acids is 1. The highest BCUT2D eigenvalue weighted by Crippen LogP contribution is 2.21. The molecule has 1 saturated heterocycles. The number of benzene rings is 1. The minimum absolute atomic E-state index is 0.0144. The Morgan fingerprint density at radius 1 is 1.32 bits per heavy atom. The Hall–Kier alpha value is -1.56. The Balaban J connectivity index is 2.14. The van der Waals surface area contributed by atoms with Crippen LogP contribution in [0.1, 0.15) is 11.1 Å². The summed E-state index contributed by atoms with van der Waals surface area (Å²) in [5.41, 5.74) is 2.68. The molecule has 1 aliphatic rings. The fourth-order valence-corrected chi connectivity index (χ4v) is 3.41. The zero-order valence-electron chi connectivity index (χ0n) is 10.8. The van der Waals surface area contributed by atoms with Gasteiger partial charge in [-0.05, 0) is 30.2 Å². The number of hydrogen-bond acceptors (Lipinski definition) is 4. The van der Waals surface area contributed by atoms with Crippen LogP contribution in [0.4, 0.5) is 5.69 Å². The fourth-order valence-electron chi connectivity index (χ4n) is 2.21. The molecule has 1 N–H and O–H groups in total. The van der Waals surface area contributed by atoms with Crippen molar-refractivity contribution in [3.8, 4) is 0 Å². The van der Waals surface area contributed by atoms with E-state index in [2.05, 4.69) is 0 Å². The second-order valence-corrected chi connectivity index (χ2v) is 7.12. The molecule has 0 saturated carbocycles. The van der Waals surface area contributed by atoms with E-state index >= 15 is 0 Å². The van der Waals surface area contributed by atoms with Crippen LogP contribution in [0.3, 0.4) is 0 Å². The van der Waals surface area contributed by atoms with Gasteiger partial charge in [0.25, 0.3) is 0 Å². The number of hydrogen-bond donors (Lipinski definition) is 1. The molecule has 0 amide bonds. The Morgan fingerprint density at radius 3 is 2.47 bits per heavy atom. The molecule has 5 nitrogen and oxygen atoms in total. The molecule has 0 aliphatic carbocycles. The topological polar surface area (TPSA) is 74.7 Å². The highest BCUT2D eigenvalue weighted by atomic mass is 32.2. The fraction of sp³-hybridized carbons (Fsp3) is 0.462. The Morgan fingerprint density at radius 2 is 1.95 bits per heavy atom. The van der Waals surface area contributed by atoms with Gasteiger partial charge in [-0.1, -0.05) is 6.07 Å². The molecule has 1 aromatic carbocycles. The highest BCUT2D eigenvalue weighted by molar-refractivity contribution is 7.91. The van der Waals surface area contributed by atoms with Crippen molar-refractivity contribution in [2.75, 3.05) is 29.5 Å². The van der Waals surface area contributed by atoms with E-state index in [1.54, 1.807) is 0 Å². The third kappa shape index (κ3) is 3.47. The van der Waals surface area contributed by atoms with Crippen LogP contribution in [0.2, 0.25) is 0 Å². The van der Waals surface area contributed by atoms with Gasteiger partial charge in [-0.15, -0.1) is 0 Å². The van der Waals surface area contributed by atoms with Crippen LogP contribution in [0.25, 0.3) is 0 Å². The van der Waals surface area contributed by atoms with Crippen molar-refractivity contribution >= 4 is 21.5 Å². The summed E-state index contributed by atoms with van der Waals surface area (Å²) in [5, 5.41) is 8.79. The van der Waals surface area contributed by atoms with Gasteiger partial charge in [-0.2, -0.15) is 0 Å². The first-order chi connectivity index (χ1) is 8.87. The molecular formula is C13H17NO4S. The van der Waals surface area contributed by atoms with Crippen molar-refractivity contribution in [2.45, 2.75) is 13.3 Å². The van der Waals surface area contributed by atoms with Gasteiger partial charge in [0, 0.05) is 18.8 Å². The van der Waals surface area contributed by atoms with E-state index in [4.69, 9.17) is 5.11 Å². The first kappa shape index (κ1) is 13.9. The summed E-state index contributed by atoms with van der Waals surface area (Å²) >= 11 is 0. The van der Waals surface area contributed by atoms with E-state index in [1.165, 1.54) is 0 Å². The normalized spacial score (nSPS) is 18.3. The number of nitrogens with zero attached hydrogens (tertiary/aromatic N) is 1. The monoisotopic (exact) mass is 283 g/mol. The number of anilines is 1. The van der Waals surface area contributed by atoms with Crippen molar-refractivity contribution < 1.29 is 18.3 Å². The van der Waals surface area contributed by atoms with Gasteiger partial charge >= 0.3 is 5.97 Å². The van der Waals surface area contributed by atoms with Crippen molar-refractivity contribution in [2.24, 2.45) is 0 Å². The Labute approximate surface area is 112 Å². The van der Waals surface area contributed by atoms with Crippen LogP contribution >= 0.6 is 0 Å². The zero-order chi connectivity index (χ0) is 14.0. The van der Waals surface area contributed by atoms with Crippen molar-refractivity contribution in [1.29, 1.82) is 0 Å². The summed E-state index contributed by atoms with van der Waals surface area (Å²) in [6.07, 6.45) is 0.0144. The van der Waals surface area contributed by atoms with Gasteiger partial charge in [0.15, 0.2) is 9.84 Å². The molecule has 0 spiro atoms. The first-order valence-corrected chi connectivity index (χ1v) is 7.96. The molecule has 104 valence electrons. The molecular weight excluding hydrogens is 266 g/mol. The summed E-state index contributed by atoms with van der Waals surface area (Å²) in [7, 11) is -2.88. The lowest BCUT2D eigenvalue weighted by molar-refractivity contribution is -0.136. The van der Waals surface area contributed by atoms with Crippen LogP contribution in [0.5, 0.6) is 0 Å². The van der Waals surface area contributed by atoms with Gasteiger partial charge in [0.2, 0.25) is 0 Å². The second-order valence-electron chi connectivity index (χ2n) is 4.82. The molecule has 19 heavy (non-hydrogen) atoms. The highest BCUT2D eigenvalue weighted by Gasteiger charge is 2.22. The number of carbonyl (C=O) groups is 1. The molecule has 0 atom stereocenters. The summed E-state index contributed by atoms with van der Waals surface area (Å²) in [4.78, 5) is 12.7. The number of aryl methyl sites for hydroxylation is 1. The maximum atomic E-state index is 11.4. The molecule has 1 heterocycles. The Bertz CT molecular complexity index is 581. The smallest absolute Gasteiger partial charge is 0.307 e. The lowest BCUT2D eigenvalue weighted by atomic mass is 10.0. The van der Waals surface area contributed by atoms with Crippen molar-refractivity contribution in [3.05, 3.63) is 29.3 Å². The van der Waals surface area contributed by atoms with Crippen molar-refractivity contribution in [1.82, 2.24) is 0 Å². The van der Waals surface area contributed by atoms with Crippen LogP contribution in [-0.4, -0.2) is 44.1 Å².